The molecular formula is C21H22N7O6S2+. The Morgan fingerprint density at radius 3 is 2.69 bits per heavy atom. The number of rotatable bonds is 8. The van der Waals surface area contributed by atoms with E-state index in [1.54, 1.807) is 36.0 Å². The van der Waals surface area contributed by atoms with Crippen molar-refractivity contribution in [1.29, 1.82) is 0 Å². The van der Waals surface area contributed by atoms with Gasteiger partial charge in [0.1, 0.15) is 29.9 Å². The molecule has 15 heteroatoms. The van der Waals surface area contributed by atoms with Crippen molar-refractivity contribution in [1.82, 2.24) is 15.2 Å². The highest BCUT2D eigenvalue weighted by Gasteiger charge is 2.54. The zero-order valence-electron chi connectivity index (χ0n) is 19.1. The van der Waals surface area contributed by atoms with Crippen LogP contribution in [-0.4, -0.2) is 73.7 Å². The van der Waals surface area contributed by atoms with Gasteiger partial charge in [0.05, 0.1) is 5.71 Å². The number of thiazole rings is 1. The number of pyridine rings is 1. The van der Waals surface area contributed by atoms with E-state index >= 15 is 0 Å². The molecule has 0 aromatic carbocycles. The Hall–Kier alpha value is -3.98. The number of nitrogen functional groups attached to an aromatic ring is 1. The fourth-order valence-corrected chi connectivity index (χ4v) is 5.67. The van der Waals surface area contributed by atoms with Gasteiger partial charge < -0.3 is 26.2 Å². The van der Waals surface area contributed by atoms with E-state index in [0.29, 0.717) is 22.6 Å². The summed E-state index contributed by atoms with van der Waals surface area (Å²) in [5.74, 6) is -2.12. The first-order valence-electron chi connectivity index (χ1n) is 10.5. The predicted octanol–water partition coefficient (Wildman–Crippen LogP) is 0.000300. The molecule has 1 saturated heterocycles. The molecule has 2 atom stereocenters. The van der Waals surface area contributed by atoms with Gasteiger partial charge in [-0.15, -0.1) is 23.1 Å². The van der Waals surface area contributed by atoms with E-state index in [-0.39, 0.29) is 28.8 Å². The zero-order valence-corrected chi connectivity index (χ0v) is 20.7. The van der Waals surface area contributed by atoms with Gasteiger partial charge in [0.2, 0.25) is 0 Å². The van der Waals surface area contributed by atoms with Crippen LogP contribution < -0.4 is 15.6 Å². The number of carbonyl (C=O) groups excluding carboxylic acids is 2. The van der Waals surface area contributed by atoms with Crippen LogP contribution in [0.4, 0.5) is 5.13 Å². The summed E-state index contributed by atoms with van der Waals surface area (Å²) in [6, 6.07) is 2.54. The number of β-lactam (4-membered cyclic amide) rings is 1. The lowest BCUT2D eigenvalue weighted by molar-refractivity contribution is -0.689. The first-order valence-corrected chi connectivity index (χ1v) is 12.4. The van der Waals surface area contributed by atoms with Crippen molar-refractivity contribution >= 4 is 57.4 Å². The summed E-state index contributed by atoms with van der Waals surface area (Å²) in [6.45, 7) is 1.90. The molecule has 0 bridgehead atoms. The lowest BCUT2D eigenvalue weighted by atomic mass is 10.0. The standard InChI is InChI=1S/C21H21N7O6S2/c1-10(25-33)11-3-5-27(6-4-11)7-12-8-35-19-15(18(30)28(19)16(12)20(31)32)24-17(29)14(26-34-2)13-9-36-21(22)23-13/h3-6,9,15,19H,7-8H2,1-2H3,(H4,22,23,24,29,31,32)/p+1/t15?,19-/m0/s1. The average Bonchev–Trinajstić information content (AvgIpc) is 3.30. The first-order chi connectivity index (χ1) is 17.2. The van der Waals surface area contributed by atoms with Crippen LogP contribution in [0.25, 0.3) is 0 Å². The molecule has 0 saturated carbocycles. The summed E-state index contributed by atoms with van der Waals surface area (Å²) in [5.41, 5.74) is 7.30. The van der Waals surface area contributed by atoms with E-state index in [1.165, 1.54) is 29.2 Å². The molecule has 36 heavy (non-hydrogen) atoms. The molecule has 1 fully saturated rings. The fourth-order valence-electron chi connectivity index (χ4n) is 3.79. The number of oxime groups is 2. The minimum absolute atomic E-state index is 0.100. The number of aliphatic carboxylic acids is 1. The second kappa shape index (κ2) is 10.3. The number of nitrogens with zero attached hydrogens (tertiary/aromatic N) is 5. The van der Waals surface area contributed by atoms with E-state index in [0.717, 1.165) is 11.3 Å². The van der Waals surface area contributed by atoms with Crippen LogP contribution in [0.1, 0.15) is 18.2 Å². The highest BCUT2D eigenvalue weighted by Crippen LogP contribution is 2.40. The molecule has 13 nitrogen and oxygen atoms in total. The average molecular weight is 533 g/mol. The summed E-state index contributed by atoms with van der Waals surface area (Å²) in [5, 5.41) is 29.5. The van der Waals surface area contributed by atoms with Crippen LogP contribution in [0.5, 0.6) is 0 Å². The van der Waals surface area contributed by atoms with Gasteiger partial charge in [0.25, 0.3) is 11.8 Å². The number of fused-ring (bicyclic) bond motifs is 1. The van der Waals surface area contributed by atoms with Gasteiger partial charge in [-0.1, -0.05) is 10.3 Å². The quantitative estimate of drug-likeness (QED) is 0.119. The normalized spacial score (nSPS) is 20.1. The number of thioether (sulfide) groups is 1. The van der Waals surface area contributed by atoms with Crippen LogP contribution in [0.15, 0.2) is 51.5 Å². The molecule has 1 unspecified atom stereocenters. The van der Waals surface area contributed by atoms with E-state index in [1.807, 2.05) is 0 Å². The number of hydrogen-bond donors (Lipinski definition) is 4. The van der Waals surface area contributed by atoms with Crippen molar-refractivity contribution in [2.45, 2.75) is 24.9 Å². The molecule has 2 aromatic heterocycles. The third-order valence-corrected chi connectivity index (χ3v) is 7.54. The van der Waals surface area contributed by atoms with Crippen molar-refractivity contribution in [3.05, 3.63) is 52.4 Å². The van der Waals surface area contributed by atoms with Crippen LogP contribution >= 0.6 is 23.1 Å². The molecule has 0 radical (unpaired) electrons. The van der Waals surface area contributed by atoms with Gasteiger partial charge in [-0.05, 0) is 6.92 Å². The summed E-state index contributed by atoms with van der Waals surface area (Å²) < 4.78 is 1.77. The number of amides is 2. The number of hydrogen-bond acceptors (Lipinski definition) is 11. The fraction of sp³-hybridized carbons (Fsp3) is 0.286. The van der Waals surface area contributed by atoms with Crippen LogP contribution in [-0.2, 0) is 25.8 Å². The lowest BCUT2D eigenvalue weighted by Crippen LogP contribution is -2.71. The summed E-state index contributed by atoms with van der Waals surface area (Å²) in [4.78, 5) is 47.9. The third kappa shape index (κ3) is 4.74. The van der Waals surface area contributed by atoms with Gasteiger partial charge in [0.15, 0.2) is 29.8 Å². The maximum absolute atomic E-state index is 13.0. The zero-order chi connectivity index (χ0) is 26.0. The van der Waals surface area contributed by atoms with Crippen LogP contribution in [0, 0.1) is 0 Å². The van der Waals surface area contributed by atoms with E-state index in [4.69, 9.17) is 15.8 Å². The Kier molecular flexibility index (Phi) is 7.21. The highest BCUT2D eigenvalue weighted by atomic mass is 32.2. The summed E-state index contributed by atoms with van der Waals surface area (Å²) in [6.07, 6.45) is 3.46. The van der Waals surface area contributed by atoms with Crippen molar-refractivity contribution in [2.75, 3.05) is 18.6 Å². The number of nitrogens with two attached hydrogens (primary N) is 1. The molecule has 188 valence electrons. The van der Waals surface area contributed by atoms with Crippen LogP contribution in [0.2, 0.25) is 0 Å². The molecule has 5 N–H and O–H groups in total. The summed E-state index contributed by atoms with van der Waals surface area (Å²) in [7, 11) is 1.27. The molecular weight excluding hydrogens is 510 g/mol. The van der Waals surface area contributed by atoms with Gasteiger partial charge in [-0.25, -0.2) is 14.3 Å². The van der Waals surface area contributed by atoms with E-state index < -0.39 is 29.2 Å². The lowest BCUT2D eigenvalue weighted by Gasteiger charge is -2.49. The molecule has 0 aliphatic carbocycles. The molecule has 2 amide bonds. The monoisotopic (exact) mass is 532 g/mol. The van der Waals surface area contributed by atoms with Gasteiger partial charge in [0, 0.05) is 34.4 Å². The number of carboxylic acid groups (broad SMARTS) is 1. The molecule has 4 rings (SSSR count). The smallest absolute Gasteiger partial charge is 0.352 e. The van der Waals surface area contributed by atoms with Crippen molar-refractivity contribution < 1.29 is 34.1 Å². The number of aromatic nitrogens is 2. The van der Waals surface area contributed by atoms with E-state index in [2.05, 4.69) is 20.6 Å². The third-order valence-electron chi connectivity index (χ3n) is 5.53. The molecule has 2 aliphatic heterocycles. The number of nitrogens with one attached hydrogen (secondary N) is 1. The van der Waals surface area contributed by atoms with Gasteiger partial charge in [-0.2, -0.15) is 0 Å². The molecule has 2 aromatic rings. The second-order valence-electron chi connectivity index (χ2n) is 7.76. The van der Waals surface area contributed by atoms with Crippen LogP contribution in [0.3, 0.4) is 0 Å². The Labute approximate surface area is 212 Å². The first kappa shape index (κ1) is 25.1. The number of carbonyl (C=O) groups is 3. The number of carboxylic acids is 1. The molecule has 2 aliphatic rings. The SMILES string of the molecule is CON=C(C(=O)NC1C(=O)N2C(C(=O)O)=C(C[n+]3ccc(C(C)=NO)cc3)CS[C@@H]12)c1csc(N)n1. The largest absolute Gasteiger partial charge is 0.477 e. The Bertz CT molecular complexity index is 1300. The second-order valence-corrected chi connectivity index (χ2v) is 9.75. The van der Waals surface area contributed by atoms with Crippen molar-refractivity contribution in [2.24, 2.45) is 10.3 Å². The number of anilines is 1. The predicted molar refractivity (Wildman–Crippen MR) is 130 cm³/mol. The Morgan fingerprint density at radius 2 is 2.11 bits per heavy atom. The van der Waals surface area contributed by atoms with E-state index in [9.17, 15) is 19.5 Å². The Balaban J connectivity index is 1.52. The van der Waals surface area contributed by atoms with Crippen molar-refractivity contribution in [3.8, 4) is 0 Å². The topological polar surface area (TPSA) is 184 Å². The summed E-state index contributed by atoms with van der Waals surface area (Å²) >= 11 is 2.47. The van der Waals surface area contributed by atoms with Gasteiger partial charge >= 0.3 is 5.97 Å². The maximum Gasteiger partial charge on any atom is 0.352 e. The highest BCUT2D eigenvalue weighted by molar-refractivity contribution is 8.00. The molecule has 4 heterocycles. The minimum atomic E-state index is -1.23. The van der Waals surface area contributed by atoms with Crippen molar-refractivity contribution in [3.63, 3.8) is 0 Å². The Morgan fingerprint density at radius 1 is 1.39 bits per heavy atom. The maximum atomic E-state index is 13.0. The molecule has 0 spiro atoms. The van der Waals surface area contributed by atoms with Gasteiger partial charge in [-0.3, -0.25) is 14.5 Å². The minimum Gasteiger partial charge on any atom is -0.477 e.